The molecule has 4 aromatic rings. The van der Waals surface area contributed by atoms with Crippen molar-refractivity contribution in [2.24, 2.45) is 0 Å². The molecule has 0 fully saturated rings. The Labute approximate surface area is 171 Å². The molecule has 0 bridgehead atoms. The van der Waals surface area contributed by atoms with E-state index in [0.717, 1.165) is 11.8 Å². The summed E-state index contributed by atoms with van der Waals surface area (Å²) in [5, 5.41) is 16.4. The number of aromatic nitrogens is 5. The van der Waals surface area contributed by atoms with Crippen molar-refractivity contribution in [2.45, 2.75) is 17.9 Å². The van der Waals surface area contributed by atoms with E-state index < -0.39 is 9.84 Å². The van der Waals surface area contributed by atoms with Crippen molar-refractivity contribution in [3.63, 3.8) is 0 Å². The normalized spacial score (nSPS) is 12.1. The molecule has 0 unspecified atom stereocenters. The van der Waals surface area contributed by atoms with E-state index in [-0.39, 0.29) is 4.90 Å². The quantitative estimate of drug-likeness (QED) is 0.429. The number of benzene rings is 1. The van der Waals surface area contributed by atoms with Crippen molar-refractivity contribution in [3.8, 4) is 0 Å². The molecule has 0 spiro atoms. The van der Waals surface area contributed by atoms with Crippen molar-refractivity contribution in [1.29, 1.82) is 0 Å². The van der Waals surface area contributed by atoms with Crippen LogP contribution in [0.3, 0.4) is 0 Å². The van der Waals surface area contributed by atoms with Crippen molar-refractivity contribution in [2.75, 3.05) is 25.3 Å². The number of rotatable bonds is 7. The minimum atomic E-state index is -3.33. The molecule has 3 aromatic heterocycles. The van der Waals surface area contributed by atoms with Gasteiger partial charge in [0.25, 0.3) is 0 Å². The number of hydrogen-bond acceptors (Lipinski definition) is 7. The first-order valence-corrected chi connectivity index (χ1v) is 11.1. The second-order valence-corrected chi connectivity index (χ2v) is 8.99. The highest BCUT2D eigenvalue weighted by molar-refractivity contribution is 7.90. The lowest BCUT2D eigenvalue weighted by atomic mass is 10.1. The van der Waals surface area contributed by atoms with Gasteiger partial charge in [0, 0.05) is 37.3 Å². The van der Waals surface area contributed by atoms with Crippen LogP contribution in [-0.2, 0) is 21.1 Å². The van der Waals surface area contributed by atoms with E-state index in [9.17, 15) is 8.42 Å². The third kappa shape index (κ3) is 3.78. The fourth-order valence-corrected chi connectivity index (χ4v) is 3.96. The zero-order valence-electron chi connectivity index (χ0n) is 15.8. The van der Waals surface area contributed by atoms with Crippen LogP contribution >= 0.6 is 11.6 Å². The first-order valence-electron chi connectivity index (χ1n) is 8.82. The van der Waals surface area contributed by atoms with Gasteiger partial charge in [0.15, 0.2) is 20.8 Å². The molecular formula is C18H19ClN6O3S. The molecule has 0 radical (unpaired) electrons. The average Bonchev–Trinajstić information content (AvgIpc) is 3.30. The van der Waals surface area contributed by atoms with Crippen LogP contribution < -0.4 is 5.32 Å². The maximum Gasteiger partial charge on any atom is 0.175 e. The van der Waals surface area contributed by atoms with Gasteiger partial charge in [-0.25, -0.2) is 13.4 Å². The predicted octanol–water partition coefficient (Wildman–Crippen LogP) is 3.14. The van der Waals surface area contributed by atoms with E-state index in [4.69, 9.17) is 16.3 Å². The molecule has 0 saturated carbocycles. The number of ether oxygens (including phenoxy) is 1. The zero-order valence-corrected chi connectivity index (χ0v) is 17.4. The Kier molecular flexibility index (Phi) is 5.15. The lowest BCUT2D eigenvalue weighted by Gasteiger charge is -2.09. The van der Waals surface area contributed by atoms with Crippen LogP contribution in [0.2, 0.25) is 5.15 Å². The summed E-state index contributed by atoms with van der Waals surface area (Å²) >= 11 is 6.44. The van der Waals surface area contributed by atoms with Gasteiger partial charge in [-0.1, -0.05) is 11.6 Å². The Morgan fingerprint density at radius 1 is 1.28 bits per heavy atom. The van der Waals surface area contributed by atoms with Gasteiger partial charge in [-0.05, 0) is 24.6 Å². The molecule has 0 saturated heterocycles. The van der Waals surface area contributed by atoms with E-state index in [1.807, 2.05) is 0 Å². The van der Waals surface area contributed by atoms with Gasteiger partial charge in [-0.2, -0.15) is 10.2 Å². The van der Waals surface area contributed by atoms with Gasteiger partial charge in [0.05, 0.1) is 28.5 Å². The molecule has 0 aliphatic rings. The standard InChI is InChI=1S/C18H19ClN6O3S/c1-28-7-3-6-25-17(19)15(10-21-25)23-18-16-13(9-20-24-16)12-8-11(29(2,26)27)4-5-14(12)22-18/h4-5,8-10H,3,6-7H2,1-2H3,(H,20,24)(H,22,23). The third-order valence-electron chi connectivity index (χ3n) is 4.54. The number of anilines is 2. The van der Waals surface area contributed by atoms with Gasteiger partial charge in [-0.3, -0.25) is 9.78 Å². The molecule has 0 amide bonds. The van der Waals surface area contributed by atoms with Crippen molar-refractivity contribution in [3.05, 3.63) is 35.7 Å². The number of fused-ring (bicyclic) bond motifs is 3. The summed E-state index contributed by atoms with van der Waals surface area (Å²) in [7, 11) is -1.68. The number of aryl methyl sites for hydroxylation is 1. The summed E-state index contributed by atoms with van der Waals surface area (Å²) < 4.78 is 30.6. The lowest BCUT2D eigenvalue weighted by molar-refractivity contribution is 0.189. The SMILES string of the molecule is COCCCn1ncc(Nc2nc3ccc(S(C)(=O)=O)cc3c3cn[nH]c23)c1Cl. The molecule has 0 aliphatic carbocycles. The number of halogens is 1. The number of hydrogen-bond donors (Lipinski definition) is 2. The molecular weight excluding hydrogens is 416 g/mol. The van der Waals surface area contributed by atoms with E-state index in [1.165, 1.54) is 6.26 Å². The molecule has 0 atom stereocenters. The van der Waals surface area contributed by atoms with Crippen LogP contribution in [0, 0.1) is 0 Å². The minimum absolute atomic E-state index is 0.232. The van der Waals surface area contributed by atoms with Crippen LogP contribution in [0.15, 0.2) is 35.5 Å². The topological polar surface area (TPSA) is 115 Å². The van der Waals surface area contributed by atoms with Crippen molar-refractivity contribution < 1.29 is 13.2 Å². The highest BCUT2D eigenvalue weighted by atomic mass is 35.5. The highest BCUT2D eigenvalue weighted by Crippen LogP contribution is 2.32. The summed E-state index contributed by atoms with van der Waals surface area (Å²) in [6, 6.07) is 4.83. The Morgan fingerprint density at radius 3 is 2.86 bits per heavy atom. The Balaban J connectivity index is 1.74. The number of nitrogens with one attached hydrogen (secondary N) is 2. The van der Waals surface area contributed by atoms with E-state index in [1.54, 1.807) is 42.4 Å². The van der Waals surface area contributed by atoms with Crippen LogP contribution in [0.4, 0.5) is 11.5 Å². The Morgan fingerprint density at radius 2 is 2.10 bits per heavy atom. The number of H-pyrrole nitrogens is 1. The monoisotopic (exact) mass is 434 g/mol. The van der Waals surface area contributed by atoms with Gasteiger partial charge in [0.1, 0.15) is 5.52 Å². The lowest BCUT2D eigenvalue weighted by Crippen LogP contribution is -2.03. The minimum Gasteiger partial charge on any atom is -0.385 e. The molecule has 0 aliphatic heterocycles. The Hall–Kier alpha value is -2.69. The maximum atomic E-state index is 11.9. The van der Waals surface area contributed by atoms with Gasteiger partial charge in [0.2, 0.25) is 0 Å². The maximum absolute atomic E-state index is 11.9. The summed E-state index contributed by atoms with van der Waals surface area (Å²) in [6.07, 6.45) is 5.25. The molecule has 2 N–H and O–H groups in total. The second-order valence-electron chi connectivity index (χ2n) is 6.61. The van der Waals surface area contributed by atoms with Gasteiger partial charge >= 0.3 is 0 Å². The van der Waals surface area contributed by atoms with Gasteiger partial charge < -0.3 is 10.1 Å². The van der Waals surface area contributed by atoms with Crippen LogP contribution in [-0.4, -0.2) is 53.4 Å². The number of nitrogens with zero attached hydrogens (tertiary/aromatic N) is 4. The predicted molar refractivity (Wildman–Crippen MR) is 112 cm³/mol. The summed E-state index contributed by atoms with van der Waals surface area (Å²) in [5.74, 6) is 0.524. The van der Waals surface area contributed by atoms with Gasteiger partial charge in [-0.15, -0.1) is 0 Å². The first kappa shape index (κ1) is 19.6. The average molecular weight is 435 g/mol. The van der Waals surface area contributed by atoms with Crippen LogP contribution in [0.1, 0.15) is 6.42 Å². The van der Waals surface area contributed by atoms with Crippen LogP contribution in [0.5, 0.6) is 0 Å². The molecule has 9 nitrogen and oxygen atoms in total. The molecule has 3 heterocycles. The Bertz CT molecular complexity index is 1300. The third-order valence-corrected chi connectivity index (χ3v) is 6.05. The van der Waals surface area contributed by atoms with E-state index in [0.29, 0.717) is 46.2 Å². The molecule has 152 valence electrons. The number of aromatic amines is 1. The second kappa shape index (κ2) is 7.62. The fourth-order valence-electron chi connectivity index (χ4n) is 3.09. The van der Waals surface area contributed by atoms with Crippen LogP contribution in [0.25, 0.3) is 21.8 Å². The van der Waals surface area contributed by atoms with E-state index >= 15 is 0 Å². The number of pyridine rings is 1. The summed E-state index contributed by atoms with van der Waals surface area (Å²) in [4.78, 5) is 4.86. The molecule has 1 aromatic carbocycles. The van der Waals surface area contributed by atoms with E-state index in [2.05, 4.69) is 25.6 Å². The summed E-state index contributed by atoms with van der Waals surface area (Å²) in [6.45, 7) is 1.25. The largest absolute Gasteiger partial charge is 0.385 e. The first-order chi connectivity index (χ1) is 13.9. The van der Waals surface area contributed by atoms with Crippen molar-refractivity contribution >= 4 is 54.7 Å². The summed E-state index contributed by atoms with van der Waals surface area (Å²) in [5.41, 5.74) is 1.89. The fraction of sp³-hybridized carbons (Fsp3) is 0.278. The van der Waals surface area contributed by atoms with Crippen molar-refractivity contribution in [1.82, 2.24) is 25.0 Å². The number of methoxy groups -OCH3 is 1. The molecule has 11 heteroatoms. The zero-order chi connectivity index (χ0) is 20.6. The molecule has 4 rings (SSSR count). The molecule has 29 heavy (non-hydrogen) atoms. The number of sulfone groups is 1. The smallest absolute Gasteiger partial charge is 0.175 e. The highest BCUT2D eigenvalue weighted by Gasteiger charge is 2.16.